The van der Waals surface area contributed by atoms with Gasteiger partial charge in [-0.25, -0.2) is 0 Å². The number of carbonyl (C=O) groups is 1. The highest BCUT2D eigenvalue weighted by Gasteiger charge is 2.28. The molecule has 6 nitrogen and oxygen atoms in total. The first-order valence-corrected chi connectivity index (χ1v) is 27.4. The Morgan fingerprint density at radius 2 is 0.567 bits per heavy atom. The van der Waals surface area contributed by atoms with Crippen molar-refractivity contribution in [3.63, 3.8) is 0 Å². The van der Waals surface area contributed by atoms with Crippen molar-refractivity contribution in [1.82, 2.24) is 5.32 Å². The lowest BCUT2D eigenvalue weighted by molar-refractivity contribution is -0.132. The average molecular weight is 852 g/mol. The van der Waals surface area contributed by atoms with Gasteiger partial charge in [-0.1, -0.05) is 296 Å². The summed E-state index contributed by atoms with van der Waals surface area (Å²) in [4.78, 5) is 12.5. The molecule has 1 amide bonds. The van der Waals surface area contributed by atoms with E-state index in [1.807, 2.05) is 0 Å². The first-order valence-electron chi connectivity index (χ1n) is 27.4. The normalized spacial score (nSPS) is 13.8. The van der Waals surface area contributed by atoms with Crippen molar-refractivity contribution in [2.45, 2.75) is 334 Å². The Labute approximate surface area is 375 Å². The molecule has 6 heteroatoms. The molecule has 5 N–H and O–H groups in total. The highest BCUT2D eigenvalue weighted by molar-refractivity contribution is 5.80. The molecule has 0 spiro atoms. The van der Waals surface area contributed by atoms with Gasteiger partial charge >= 0.3 is 0 Å². The predicted octanol–water partition coefficient (Wildman–Crippen LogP) is 15.5. The van der Waals surface area contributed by atoms with Gasteiger partial charge in [0.2, 0.25) is 5.91 Å². The van der Waals surface area contributed by atoms with E-state index in [1.54, 1.807) is 0 Å². The number of rotatable bonds is 51. The number of aliphatic hydroxyl groups is 4. The van der Waals surface area contributed by atoms with E-state index >= 15 is 0 Å². The maximum atomic E-state index is 12.5. The highest BCUT2D eigenvalue weighted by Crippen LogP contribution is 2.19. The van der Waals surface area contributed by atoms with E-state index in [-0.39, 0.29) is 0 Å². The average Bonchev–Trinajstić information content (AvgIpc) is 3.25. The van der Waals surface area contributed by atoms with Crippen LogP contribution in [-0.2, 0) is 4.79 Å². The molecule has 360 valence electrons. The van der Waals surface area contributed by atoms with Crippen LogP contribution in [0.4, 0.5) is 0 Å². The molecule has 4 atom stereocenters. The minimum atomic E-state index is -1.25. The van der Waals surface area contributed by atoms with Crippen molar-refractivity contribution >= 4 is 5.91 Å². The Hall–Kier alpha value is -0.690. The first-order chi connectivity index (χ1) is 29.5. The monoisotopic (exact) mass is 852 g/mol. The van der Waals surface area contributed by atoms with Crippen LogP contribution in [0.5, 0.6) is 0 Å². The standard InChI is InChI=1S/C54H109NO5/c1-3-5-7-9-11-13-14-15-16-17-18-19-20-21-22-23-24-25-26-27-28-29-30-31-32-33-34-35-36-37-38-39-40-42-44-46-48-52(58)54(60)55-50(49-56)53(59)51(57)47-45-43-41-12-10-8-6-4-2/h50-53,56-59H,3-49H2,1-2H3,(H,55,60). The second-order valence-corrected chi connectivity index (χ2v) is 19.3. The van der Waals surface area contributed by atoms with Gasteiger partial charge in [-0.3, -0.25) is 4.79 Å². The van der Waals surface area contributed by atoms with Gasteiger partial charge < -0.3 is 25.7 Å². The van der Waals surface area contributed by atoms with Crippen molar-refractivity contribution in [3.05, 3.63) is 0 Å². The van der Waals surface area contributed by atoms with Gasteiger partial charge in [-0.05, 0) is 12.8 Å². The molecular weight excluding hydrogens is 743 g/mol. The number of amides is 1. The van der Waals surface area contributed by atoms with Crippen molar-refractivity contribution in [2.75, 3.05) is 6.61 Å². The lowest BCUT2D eigenvalue weighted by Gasteiger charge is -2.27. The molecule has 4 unspecified atom stereocenters. The van der Waals surface area contributed by atoms with E-state index in [2.05, 4.69) is 19.2 Å². The molecule has 0 radical (unpaired) electrons. The summed E-state index contributed by atoms with van der Waals surface area (Å²) in [5, 5.41) is 43.5. The fourth-order valence-corrected chi connectivity index (χ4v) is 9.00. The lowest BCUT2D eigenvalue weighted by atomic mass is 9.99. The van der Waals surface area contributed by atoms with Crippen LogP contribution >= 0.6 is 0 Å². The molecule has 0 aliphatic carbocycles. The third kappa shape index (κ3) is 42.6. The minimum Gasteiger partial charge on any atom is -0.394 e. The Morgan fingerprint density at radius 3 is 0.800 bits per heavy atom. The summed E-state index contributed by atoms with van der Waals surface area (Å²) in [7, 11) is 0. The van der Waals surface area contributed by atoms with Gasteiger partial charge in [-0.2, -0.15) is 0 Å². The molecule has 0 rings (SSSR count). The summed E-state index contributed by atoms with van der Waals surface area (Å²) in [6, 6.07) is -0.978. The molecule has 0 aromatic heterocycles. The number of nitrogens with one attached hydrogen (secondary N) is 1. The maximum Gasteiger partial charge on any atom is 0.249 e. The molecule has 0 aliphatic rings. The summed E-state index contributed by atoms with van der Waals surface area (Å²) in [5.74, 6) is -0.580. The zero-order valence-electron chi connectivity index (χ0n) is 40.7. The summed E-state index contributed by atoms with van der Waals surface area (Å²) in [6.07, 6.45) is 56.5. The van der Waals surface area contributed by atoms with E-state index in [4.69, 9.17) is 0 Å². The van der Waals surface area contributed by atoms with Crippen molar-refractivity contribution in [1.29, 1.82) is 0 Å². The predicted molar refractivity (Wildman–Crippen MR) is 261 cm³/mol. The fourth-order valence-electron chi connectivity index (χ4n) is 9.00. The fraction of sp³-hybridized carbons (Fsp3) is 0.981. The number of carbonyl (C=O) groups excluding carboxylic acids is 1. The van der Waals surface area contributed by atoms with Crippen LogP contribution < -0.4 is 5.32 Å². The topological polar surface area (TPSA) is 110 Å². The molecule has 0 aliphatic heterocycles. The Balaban J connectivity index is 3.41. The van der Waals surface area contributed by atoms with Crippen LogP contribution in [0.25, 0.3) is 0 Å². The van der Waals surface area contributed by atoms with Crippen LogP contribution in [0, 0.1) is 0 Å². The number of aliphatic hydroxyl groups excluding tert-OH is 4. The highest BCUT2D eigenvalue weighted by atomic mass is 16.3. The van der Waals surface area contributed by atoms with Gasteiger partial charge in [0.25, 0.3) is 0 Å². The van der Waals surface area contributed by atoms with Crippen LogP contribution in [0.15, 0.2) is 0 Å². The smallest absolute Gasteiger partial charge is 0.249 e. The van der Waals surface area contributed by atoms with Gasteiger partial charge in [0.15, 0.2) is 0 Å². The molecule has 0 fully saturated rings. The third-order valence-corrected chi connectivity index (χ3v) is 13.3. The summed E-state index contributed by atoms with van der Waals surface area (Å²) in [5.41, 5.74) is 0. The molecule has 0 saturated carbocycles. The first kappa shape index (κ1) is 59.3. The van der Waals surface area contributed by atoms with E-state index in [1.165, 1.54) is 244 Å². The largest absolute Gasteiger partial charge is 0.394 e. The quantitative estimate of drug-likeness (QED) is 0.0392. The van der Waals surface area contributed by atoms with Crippen LogP contribution in [0.3, 0.4) is 0 Å². The van der Waals surface area contributed by atoms with Crippen LogP contribution in [-0.4, -0.2) is 57.3 Å². The number of hydrogen-bond acceptors (Lipinski definition) is 5. The van der Waals surface area contributed by atoms with Crippen molar-refractivity contribution in [3.8, 4) is 0 Å². The molecule has 0 aromatic rings. The molecule has 0 saturated heterocycles. The zero-order valence-corrected chi connectivity index (χ0v) is 40.7. The Kier molecular flexibility index (Phi) is 48.8. The van der Waals surface area contributed by atoms with Gasteiger partial charge in [-0.15, -0.1) is 0 Å². The number of hydrogen-bond donors (Lipinski definition) is 5. The second-order valence-electron chi connectivity index (χ2n) is 19.3. The third-order valence-electron chi connectivity index (χ3n) is 13.3. The maximum absolute atomic E-state index is 12.5. The van der Waals surface area contributed by atoms with Gasteiger partial charge in [0, 0.05) is 0 Å². The van der Waals surface area contributed by atoms with Crippen molar-refractivity contribution < 1.29 is 25.2 Å². The molecular formula is C54H109NO5. The molecule has 0 bridgehead atoms. The summed E-state index contributed by atoms with van der Waals surface area (Å²) < 4.78 is 0. The van der Waals surface area contributed by atoms with Crippen molar-refractivity contribution in [2.24, 2.45) is 0 Å². The number of unbranched alkanes of at least 4 members (excludes halogenated alkanes) is 42. The second kappa shape index (κ2) is 49.3. The van der Waals surface area contributed by atoms with E-state index in [0.717, 1.165) is 38.5 Å². The van der Waals surface area contributed by atoms with Crippen LogP contribution in [0.1, 0.15) is 309 Å². The van der Waals surface area contributed by atoms with E-state index in [0.29, 0.717) is 12.8 Å². The van der Waals surface area contributed by atoms with Gasteiger partial charge in [0.1, 0.15) is 12.2 Å². The SMILES string of the molecule is CCCCCCCCCCCCCCCCCCCCCCCCCCCCCCCCCCCCCCC(O)C(=O)NC(CO)C(O)C(O)CCCCCCCCCC. The molecule has 0 aromatic carbocycles. The summed E-state index contributed by atoms with van der Waals surface area (Å²) >= 11 is 0. The Bertz CT molecular complexity index is 826. The summed E-state index contributed by atoms with van der Waals surface area (Å²) in [6.45, 7) is 4.03. The van der Waals surface area contributed by atoms with Crippen LogP contribution in [0.2, 0.25) is 0 Å². The van der Waals surface area contributed by atoms with E-state index < -0.39 is 36.9 Å². The molecule has 60 heavy (non-hydrogen) atoms. The van der Waals surface area contributed by atoms with E-state index in [9.17, 15) is 25.2 Å². The zero-order chi connectivity index (χ0) is 43.8. The van der Waals surface area contributed by atoms with Gasteiger partial charge in [0.05, 0.1) is 18.8 Å². The molecule has 0 heterocycles. The minimum absolute atomic E-state index is 0.376. The Morgan fingerprint density at radius 1 is 0.350 bits per heavy atom. The lowest BCUT2D eigenvalue weighted by Crippen LogP contribution is -2.53.